The highest BCUT2D eigenvalue weighted by Gasteiger charge is 2.16. The zero-order chi connectivity index (χ0) is 20.2. The first-order valence-corrected chi connectivity index (χ1v) is 10.1. The number of halogens is 2. The minimum absolute atomic E-state index is 0.195. The number of nitrogens with one attached hydrogen (secondary N) is 1. The van der Waals surface area contributed by atoms with Crippen molar-refractivity contribution in [3.63, 3.8) is 0 Å². The van der Waals surface area contributed by atoms with Gasteiger partial charge in [0.05, 0.1) is 11.8 Å². The lowest BCUT2D eigenvalue weighted by molar-refractivity contribution is 0.0951. The molecule has 0 saturated heterocycles. The molecule has 0 radical (unpaired) electrons. The van der Waals surface area contributed by atoms with Crippen LogP contribution >= 0.6 is 27.5 Å². The molecule has 4 aromatic rings. The van der Waals surface area contributed by atoms with E-state index in [1.165, 1.54) is 0 Å². The average molecular weight is 468 g/mol. The molecule has 0 aliphatic rings. The number of carbonyl (C=O) groups is 1. The zero-order valence-electron chi connectivity index (χ0n) is 15.2. The maximum absolute atomic E-state index is 12.8. The summed E-state index contributed by atoms with van der Waals surface area (Å²) in [5.41, 5.74) is 3.03. The Bertz CT molecular complexity index is 1140. The van der Waals surface area contributed by atoms with Crippen LogP contribution in [-0.4, -0.2) is 10.9 Å². The molecule has 3 aromatic carbocycles. The number of nitrogens with zero attached hydrogens (tertiary/aromatic N) is 1. The minimum Gasteiger partial charge on any atom is -0.436 e. The third-order valence-corrected chi connectivity index (χ3v) is 5.18. The second kappa shape index (κ2) is 8.64. The van der Waals surface area contributed by atoms with Crippen LogP contribution in [0, 0.1) is 0 Å². The van der Waals surface area contributed by atoms with E-state index >= 15 is 0 Å². The summed E-state index contributed by atoms with van der Waals surface area (Å²) in [6.45, 7) is 0.403. The first-order chi connectivity index (χ1) is 14.1. The molecule has 1 aromatic heterocycles. The molecule has 0 fully saturated rings. The van der Waals surface area contributed by atoms with Gasteiger partial charge in [0.25, 0.3) is 5.91 Å². The van der Waals surface area contributed by atoms with Gasteiger partial charge in [-0.2, -0.15) is 0 Å². The number of oxazole rings is 1. The van der Waals surface area contributed by atoms with E-state index in [0.29, 0.717) is 34.3 Å². The first-order valence-electron chi connectivity index (χ1n) is 8.94. The van der Waals surface area contributed by atoms with Crippen molar-refractivity contribution in [2.45, 2.75) is 6.54 Å². The van der Waals surface area contributed by atoms with Gasteiger partial charge in [0.2, 0.25) is 5.89 Å². The molecular formula is C23H16BrClN2O2. The Morgan fingerprint density at radius 3 is 2.48 bits per heavy atom. The molecule has 4 nitrogen and oxygen atoms in total. The number of benzene rings is 3. The van der Waals surface area contributed by atoms with Crippen LogP contribution in [0.3, 0.4) is 0 Å². The van der Waals surface area contributed by atoms with Crippen LogP contribution in [0.1, 0.15) is 15.9 Å². The molecule has 0 unspecified atom stereocenters. The second-order valence-electron chi connectivity index (χ2n) is 6.39. The van der Waals surface area contributed by atoms with Gasteiger partial charge in [-0.1, -0.05) is 63.9 Å². The lowest BCUT2D eigenvalue weighted by atomic mass is 10.1. The van der Waals surface area contributed by atoms with Crippen LogP contribution in [0.5, 0.6) is 0 Å². The molecule has 29 heavy (non-hydrogen) atoms. The van der Waals surface area contributed by atoms with E-state index in [1.807, 2.05) is 54.6 Å². The van der Waals surface area contributed by atoms with Gasteiger partial charge in [0.1, 0.15) is 0 Å². The van der Waals surface area contributed by atoms with Gasteiger partial charge in [-0.3, -0.25) is 4.79 Å². The lowest BCUT2D eigenvalue weighted by Crippen LogP contribution is -2.23. The van der Waals surface area contributed by atoms with E-state index in [0.717, 1.165) is 15.6 Å². The van der Waals surface area contributed by atoms with Gasteiger partial charge in [-0.25, -0.2) is 4.98 Å². The molecule has 1 amide bonds. The number of rotatable bonds is 5. The summed E-state index contributed by atoms with van der Waals surface area (Å²) in [5, 5.41) is 3.60. The standard InChI is InChI=1S/C23H16BrClN2O2/c24-17-9-7-16(8-10-17)21-14-27-23(29-21)20-4-2-1-3-19(20)22(28)26-13-15-5-11-18(25)12-6-15/h1-12,14H,13H2,(H,26,28). The summed E-state index contributed by atoms with van der Waals surface area (Å²) < 4.78 is 6.93. The number of hydrogen-bond acceptors (Lipinski definition) is 3. The largest absolute Gasteiger partial charge is 0.436 e. The molecule has 0 saturated carbocycles. The average Bonchev–Trinajstić information content (AvgIpc) is 3.24. The molecule has 1 heterocycles. The van der Waals surface area contributed by atoms with Crippen molar-refractivity contribution in [1.29, 1.82) is 0 Å². The third-order valence-electron chi connectivity index (χ3n) is 4.40. The molecule has 0 spiro atoms. The summed E-state index contributed by atoms with van der Waals surface area (Å²) in [6, 6.07) is 22.4. The Balaban J connectivity index is 1.56. The van der Waals surface area contributed by atoms with Crippen molar-refractivity contribution in [3.05, 3.63) is 99.6 Å². The van der Waals surface area contributed by atoms with Gasteiger partial charge in [-0.15, -0.1) is 0 Å². The number of amides is 1. The van der Waals surface area contributed by atoms with E-state index in [9.17, 15) is 4.79 Å². The molecule has 0 bridgehead atoms. The van der Waals surface area contributed by atoms with Gasteiger partial charge in [0.15, 0.2) is 5.76 Å². The summed E-state index contributed by atoms with van der Waals surface area (Å²) >= 11 is 9.33. The van der Waals surface area contributed by atoms with Gasteiger partial charge < -0.3 is 9.73 Å². The third kappa shape index (κ3) is 4.58. The molecule has 144 valence electrons. The summed E-state index contributed by atoms with van der Waals surface area (Å²) in [6.07, 6.45) is 1.67. The predicted molar refractivity (Wildman–Crippen MR) is 118 cm³/mol. The summed E-state index contributed by atoms with van der Waals surface area (Å²) in [5.74, 6) is 0.850. The number of carbonyl (C=O) groups excluding carboxylic acids is 1. The van der Waals surface area contributed by atoms with Gasteiger partial charge in [0, 0.05) is 27.2 Å². The van der Waals surface area contributed by atoms with Crippen molar-refractivity contribution in [1.82, 2.24) is 10.3 Å². The highest BCUT2D eigenvalue weighted by molar-refractivity contribution is 9.10. The molecule has 4 rings (SSSR count). The van der Waals surface area contributed by atoms with Crippen LogP contribution in [-0.2, 0) is 6.54 Å². The fraction of sp³-hybridized carbons (Fsp3) is 0.0435. The Morgan fingerprint density at radius 1 is 1.00 bits per heavy atom. The van der Waals surface area contributed by atoms with E-state index in [2.05, 4.69) is 26.2 Å². The molecule has 0 aliphatic carbocycles. The molecular weight excluding hydrogens is 452 g/mol. The normalized spacial score (nSPS) is 10.7. The monoisotopic (exact) mass is 466 g/mol. The van der Waals surface area contributed by atoms with Crippen molar-refractivity contribution < 1.29 is 9.21 Å². The quantitative estimate of drug-likeness (QED) is 0.372. The van der Waals surface area contributed by atoms with Crippen molar-refractivity contribution >= 4 is 33.4 Å². The SMILES string of the molecule is O=C(NCc1ccc(Cl)cc1)c1ccccc1-c1ncc(-c2ccc(Br)cc2)o1. The van der Waals surface area contributed by atoms with Crippen molar-refractivity contribution in [2.24, 2.45) is 0 Å². The zero-order valence-corrected chi connectivity index (χ0v) is 17.6. The number of hydrogen-bond donors (Lipinski definition) is 1. The van der Waals surface area contributed by atoms with E-state index in [-0.39, 0.29) is 5.91 Å². The van der Waals surface area contributed by atoms with Gasteiger partial charge >= 0.3 is 0 Å². The Labute approximate surface area is 181 Å². The summed E-state index contributed by atoms with van der Waals surface area (Å²) in [7, 11) is 0. The molecule has 1 N–H and O–H groups in total. The van der Waals surface area contributed by atoms with Crippen molar-refractivity contribution in [2.75, 3.05) is 0 Å². The molecule has 0 aliphatic heterocycles. The lowest BCUT2D eigenvalue weighted by Gasteiger charge is -2.08. The maximum Gasteiger partial charge on any atom is 0.252 e. The van der Waals surface area contributed by atoms with Gasteiger partial charge in [-0.05, 0) is 42.0 Å². The Kier molecular flexibility index (Phi) is 5.79. The van der Waals surface area contributed by atoms with Crippen molar-refractivity contribution in [3.8, 4) is 22.8 Å². The van der Waals surface area contributed by atoms with E-state index in [4.69, 9.17) is 16.0 Å². The Morgan fingerprint density at radius 2 is 1.72 bits per heavy atom. The van der Waals surface area contributed by atoms with Crippen LogP contribution in [0.2, 0.25) is 5.02 Å². The smallest absolute Gasteiger partial charge is 0.252 e. The highest BCUT2D eigenvalue weighted by Crippen LogP contribution is 2.29. The molecule has 0 atom stereocenters. The van der Waals surface area contributed by atoms with E-state index < -0.39 is 0 Å². The predicted octanol–water partition coefficient (Wildman–Crippen LogP) is 6.35. The van der Waals surface area contributed by atoms with E-state index in [1.54, 1.807) is 24.4 Å². The van der Waals surface area contributed by atoms with Crippen LogP contribution in [0.4, 0.5) is 0 Å². The fourth-order valence-corrected chi connectivity index (χ4v) is 3.28. The highest BCUT2D eigenvalue weighted by atomic mass is 79.9. The van der Waals surface area contributed by atoms with Crippen LogP contribution in [0.15, 0.2) is 87.9 Å². The summed E-state index contributed by atoms with van der Waals surface area (Å²) in [4.78, 5) is 17.2. The fourth-order valence-electron chi connectivity index (χ4n) is 2.89. The molecule has 6 heteroatoms. The topological polar surface area (TPSA) is 55.1 Å². The second-order valence-corrected chi connectivity index (χ2v) is 7.74. The maximum atomic E-state index is 12.8. The number of aromatic nitrogens is 1. The Hall–Kier alpha value is -2.89. The van der Waals surface area contributed by atoms with Crippen LogP contribution < -0.4 is 5.32 Å². The van der Waals surface area contributed by atoms with Crippen LogP contribution in [0.25, 0.3) is 22.8 Å². The minimum atomic E-state index is -0.195. The first kappa shape index (κ1) is 19.4.